The molecule has 1 unspecified atom stereocenters. The fourth-order valence-electron chi connectivity index (χ4n) is 3.18. The first-order chi connectivity index (χ1) is 14.6. The summed E-state index contributed by atoms with van der Waals surface area (Å²) in [6.07, 6.45) is 7.96. The zero-order valence-corrected chi connectivity index (χ0v) is 17.2. The van der Waals surface area contributed by atoms with Gasteiger partial charge in [-0.1, -0.05) is 11.6 Å². The molecule has 1 aliphatic heterocycles. The third kappa shape index (κ3) is 4.60. The predicted molar refractivity (Wildman–Crippen MR) is 109 cm³/mol. The van der Waals surface area contributed by atoms with Crippen molar-refractivity contribution in [2.75, 3.05) is 13.7 Å². The van der Waals surface area contributed by atoms with E-state index in [4.69, 9.17) is 21.1 Å². The molecule has 4 rings (SSSR count). The van der Waals surface area contributed by atoms with Gasteiger partial charge in [-0.15, -0.1) is 0 Å². The minimum Gasteiger partial charge on any atom is -0.487 e. The largest absolute Gasteiger partial charge is 0.487 e. The minimum absolute atomic E-state index is 0.0807. The topological polar surface area (TPSA) is 88.4 Å². The fourth-order valence-corrected chi connectivity index (χ4v) is 3.41. The molecule has 0 aliphatic carbocycles. The van der Waals surface area contributed by atoms with Crippen molar-refractivity contribution in [3.8, 4) is 17.1 Å². The molecule has 9 heteroatoms. The maximum Gasteiger partial charge on any atom is 0.356 e. The summed E-state index contributed by atoms with van der Waals surface area (Å²) >= 11 is 6.38. The van der Waals surface area contributed by atoms with Crippen molar-refractivity contribution < 1.29 is 19.0 Å². The molecule has 0 bridgehead atoms. The Morgan fingerprint density at radius 3 is 2.93 bits per heavy atom. The Balaban J connectivity index is 1.42. The van der Waals surface area contributed by atoms with Gasteiger partial charge in [-0.25, -0.2) is 14.5 Å². The second kappa shape index (κ2) is 9.23. The molecule has 1 fully saturated rings. The number of nitrogens with zero attached hydrogens (tertiary/aromatic N) is 4. The number of aromatic nitrogens is 4. The summed E-state index contributed by atoms with van der Waals surface area (Å²) in [6, 6.07) is 7.01. The van der Waals surface area contributed by atoms with Crippen LogP contribution in [0.4, 0.5) is 0 Å². The fraction of sp³-hybridized carbons (Fsp3) is 0.333. The lowest BCUT2D eigenvalue weighted by Crippen LogP contribution is -2.18. The molecule has 0 spiro atoms. The molecule has 1 atom stereocenters. The van der Waals surface area contributed by atoms with Gasteiger partial charge in [-0.2, -0.15) is 5.10 Å². The molecule has 0 radical (unpaired) electrons. The summed E-state index contributed by atoms with van der Waals surface area (Å²) in [4.78, 5) is 20.0. The minimum atomic E-state index is -0.488. The van der Waals surface area contributed by atoms with Gasteiger partial charge < -0.3 is 14.2 Å². The van der Waals surface area contributed by atoms with Gasteiger partial charge in [0, 0.05) is 19.0 Å². The van der Waals surface area contributed by atoms with Crippen LogP contribution in [-0.2, 0) is 16.1 Å². The Morgan fingerprint density at radius 1 is 1.30 bits per heavy atom. The third-order valence-electron chi connectivity index (χ3n) is 4.74. The number of hydrogen-bond acceptors (Lipinski definition) is 7. The molecule has 0 aromatic carbocycles. The monoisotopic (exact) mass is 428 g/mol. The van der Waals surface area contributed by atoms with Gasteiger partial charge >= 0.3 is 5.97 Å². The van der Waals surface area contributed by atoms with Gasteiger partial charge in [-0.05, 0) is 49.1 Å². The van der Waals surface area contributed by atoms with E-state index in [0.29, 0.717) is 22.2 Å². The summed E-state index contributed by atoms with van der Waals surface area (Å²) in [6.45, 7) is 1.00. The Kier molecular flexibility index (Phi) is 6.25. The Bertz CT molecular complexity index is 1020. The molecule has 1 aliphatic rings. The number of carbonyl (C=O) groups is 1. The molecular formula is C21H21ClN4O4. The summed E-state index contributed by atoms with van der Waals surface area (Å²) in [5.41, 5.74) is 2.29. The van der Waals surface area contributed by atoms with Crippen molar-refractivity contribution in [2.24, 2.45) is 0 Å². The summed E-state index contributed by atoms with van der Waals surface area (Å²) in [5.74, 6) is 0.0964. The average Bonchev–Trinajstić information content (AvgIpc) is 3.20. The van der Waals surface area contributed by atoms with Gasteiger partial charge in [0.15, 0.2) is 0 Å². The molecule has 3 aromatic heterocycles. The zero-order valence-electron chi connectivity index (χ0n) is 16.5. The van der Waals surface area contributed by atoms with Crippen molar-refractivity contribution >= 4 is 17.6 Å². The van der Waals surface area contributed by atoms with E-state index < -0.39 is 5.97 Å². The Morgan fingerprint density at radius 2 is 2.20 bits per heavy atom. The first-order valence-electron chi connectivity index (χ1n) is 9.63. The Hall–Kier alpha value is -2.97. The highest BCUT2D eigenvalue weighted by Crippen LogP contribution is 2.30. The number of pyridine rings is 2. The number of hydrogen-bond donors (Lipinski definition) is 0. The van der Waals surface area contributed by atoms with Gasteiger partial charge in [0.05, 0.1) is 24.0 Å². The zero-order chi connectivity index (χ0) is 20.9. The molecule has 1 saturated heterocycles. The van der Waals surface area contributed by atoms with E-state index in [1.807, 2.05) is 6.07 Å². The van der Waals surface area contributed by atoms with E-state index in [-0.39, 0.29) is 18.5 Å². The van der Waals surface area contributed by atoms with E-state index in [0.717, 1.165) is 31.4 Å². The summed E-state index contributed by atoms with van der Waals surface area (Å²) in [5, 5.41) is 5.09. The third-order valence-corrected chi connectivity index (χ3v) is 5.02. The van der Waals surface area contributed by atoms with E-state index >= 15 is 0 Å². The van der Waals surface area contributed by atoms with Crippen LogP contribution in [0.25, 0.3) is 11.4 Å². The molecule has 0 amide bonds. The first kappa shape index (κ1) is 20.3. The molecule has 0 saturated carbocycles. The second-order valence-corrected chi connectivity index (χ2v) is 7.24. The van der Waals surface area contributed by atoms with Crippen LogP contribution in [0.3, 0.4) is 0 Å². The molecule has 8 nitrogen and oxygen atoms in total. The average molecular weight is 429 g/mol. The number of halogens is 1. The quantitative estimate of drug-likeness (QED) is 0.547. The molecule has 0 N–H and O–H groups in total. The van der Waals surface area contributed by atoms with Crippen LogP contribution in [0.15, 0.2) is 42.9 Å². The maximum absolute atomic E-state index is 11.6. The standard InChI is InChI=1S/C21H21ClN4O4/c1-28-21(27)18-10-14(7-8-23-18)13-30-15-5-6-17(24-11-15)20-16(22)12-26(25-20)19-4-2-3-9-29-19/h5-8,10-12,19H,2-4,9,13H2,1H3. The van der Waals surface area contributed by atoms with E-state index in [1.54, 1.807) is 41.5 Å². The van der Waals surface area contributed by atoms with Crippen molar-refractivity contribution in [1.82, 2.24) is 19.7 Å². The summed E-state index contributed by atoms with van der Waals surface area (Å²) < 4.78 is 18.0. The summed E-state index contributed by atoms with van der Waals surface area (Å²) in [7, 11) is 1.32. The normalized spacial score (nSPS) is 16.3. The van der Waals surface area contributed by atoms with Crippen LogP contribution >= 0.6 is 11.6 Å². The maximum atomic E-state index is 11.6. The van der Waals surface area contributed by atoms with Crippen LogP contribution in [0, 0.1) is 0 Å². The number of ether oxygens (including phenoxy) is 3. The first-order valence-corrected chi connectivity index (χ1v) is 10.0. The van der Waals surface area contributed by atoms with E-state index in [2.05, 4.69) is 19.8 Å². The van der Waals surface area contributed by atoms with Gasteiger partial charge in [0.1, 0.15) is 30.0 Å². The van der Waals surface area contributed by atoms with Crippen LogP contribution < -0.4 is 4.74 Å². The second-order valence-electron chi connectivity index (χ2n) is 6.84. The van der Waals surface area contributed by atoms with Crippen LogP contribution in [-0.4, -0.2) is 39.4 Å². The molecule has 30 heavy (non-hydrogen) atoms. The van der Waals surface area contributed by atoms with Crippen molar-refractivity contribution in [3.63, 3.8) is 0 Å². The number of carbonyl (C=O) groups excluding carboxylic acids is 1. The van der Waals surface area contributed by atoms with Gasteiger partial charge in [0.25, 0.3) is 0 Å². The van der Waals surface area contributed by atoms with Gasteiger partial charge in [0.2, 0.25) is 0 Å². The SMILES string of the molecule is COC(=O)c1cc(COc2ccc(-c3nn(C4CCCCO4)cc3Cl)nc2)ccn1. The number of esters is 1. The molecule has 156 valence electrons. The van der Waals surface area contributed by atoms with Crippen molar-refractivity contribution in [3.05, 3.63) is 59.1 Å². The lowest BCUT2D eigenvalue weighted by molar-refractivity contribution is -0.0393. The number of rotatable bonds is 6. The number of methoxy groups -OCH3 is 1. The highest BCUT2D eigenvalue weighted by Gasteiger charge is 2.20. The molecule has 3 aromatic rings. The van der Waals surface area contributed by atoms with E-state index in [1.165, 1.54) is 7.11 Å². The van der Waals surface area contributed by atoms with Crippen LogP contribution in [0.2, 0.25) is 5.02 Å². The predicted octanol–water partition coefficient (Wildman–Crippen LogP) is 4.06. The van der Waals surface area contributed by atoms with Crippen molar-refractivity contribution in [2.45, 2.75) is 32.1 Å². The molecular weight excluding hydrogens is 408 g/mol. The smallest absolute Gasteiger partial charge is 0.356 e. The highest BCUT2D eigenvalue weighted by molar-refractivity contribution is 6.32. The van der Waals surface area contributed by atoms with Gasteiger partial charge in [-0.3, -0.25) is 4.98 Å². The van der Waals surface area contributed by atoms with Crippen molar-refractivity contribution in [1.29, 1.82) is 0 Å². The van der Waals surface area contributed by atoms with Crippen LogP contribution in [0.5, 0.6) is 5.75 Å². The molecule has 4 heterocycles. The highest BCUT2D eigenvalue weighted by atomic mass is 35.5. The lowest BCUT2D eigenvalue weighted by atomic mass is 10.2. The lowest BCUT2D eigenvalue weighted by Gasteiger charge is -2.22. The van der Waals surface area contributed by atoms with E-state index in [9.17, 15) is 4.79 Å². The Labute approximate surface area is 178 Å². The van der Waals surface area contributed by atoms with Crippen LogP contribution in [0.1, 0.15) is 41.5 Å².